The van der Waals surface area contributed by atoms with Gasteiger partial charge in [0, 0.05) is 35.0 Å². The number of carbonyl (C=O) groups is 3. The lowest BCUT2D eigenvalue weighted by Gasteiger charge is -2.24. The normalized spacial score (nSPS) is 19.4. The van der Waals surface area contributed by atoms with Crippen molar-refractivity contribution in [2.45, 2.75) is 65.2 Å². The number of imide groups is 1. The van der Waals surface area contributed by atoms with Crippen LogP contribution in [0.3, 0.4) is 0 Å². The van der Waals surface area contributed by atoms with Crippen molar-refractivity contribution in [2.24, 2.45) is 5.92 Å². The Kier molecular flexibility index (Phi) is 7.79. The van der Waals surface area contributed by atoms with Crippen LogP contribution in [-0.4, -0.2) is 58.8 Å². The van der Waals surface area contributed by atoms with Crippen LogP contribution in [0.15, 0.2) is 46.9 Å². The molecular weight excluding hydrogens is 552 g/mol. The molecule has 8 nitrogen and oxygen atoms in total. The summed E-state index contributed by atoms with van der Waals surface area (Å²) in [6, 6.07) is 13.4. The molecule has 9 heteroatoms. The topological polar surface area (TPSA) is 85.4 Å². The third-order valence-corrected chi connectivity index (χ3v) is 6.88. The summed E-state index contributed by atoms with van der Waals surface area (Å²) in [6.45, 7) is 12.4. The largest absolute Gasteiger partial charge is 0.493 e. The number of nitrogens with zero attached hydrogens (tertiary/aromatic N) is 2. The van der Waals surface area contributed by atoms with Gasteiger partial charge in [0.05, 0.1) is 13.2 Å². The van der Waals surface area contributed by atoms with E-state index in [0.717, 1.165) is 20.5 Å². The Labute approximate surface area is 232 Å². The highest BCUT2D eigenvalue weighted by Crippen LogP contribution is 2.35. The maximum Gasteiger partial charge on any atom is 0.417 e. The van der Waals surface area contributed by atoms with Crippen LogP contribution in [0, 0.1) is 5.92 Å². The molecule has 2 aromatic carbocycles. The number of likely N-dealkylation sites (tertiary alicyclic amines) is 1. The fourth-order valence-corrected chi connectivity index (χ4v) is 4.91. The summed E-state index contributed by atoms with van der Waals surface area (Å²) in [7, 11) is 0. The third-order valence-electron chi connectivity index (χ3n) is 6.35. The number of rotatable bonds is 4. The van der Waals surface area contributed by atoms with E-state index in [-0.39, 0.29) is 24.5 Å². The third kappa shape index (κ3) is 6.67. The van der Waals surface area contributed by atoms with Crippen LogP contribution in [-0.2, 0) is 16.0 Å². The summed E-state index contributed by atoms with van der Waals surface area (Å²) < 4.78 is 18.2. The fourth-order valence-electron chi connectivity index (χ4n) is 4.64. The molecule has 0 spiro atoms. The van der Waals surface area contributed by atoms with E-state index in [1.807, 2.05) is 32.9 Å². The van der Waals surface area contributed by atoms with Crippen LogP contribution >= 0.6 is 15.9 Å². The van der Waals surface area contributed by atoms with E-state index in [2.05, 4.69) is 28.1 Å². The monoisotopic (exact) mass is 586 g/mol. The van der Waals surface area contributed by atoms with E-state index in [4.69, 9.17) is 14.2 Å². The van der Waals surface area contributed by atoms with Gasteiger partial charge < -0.3 is 19.1 Å². The zero-order valence-electron chi connectivity index (χ0n) is 22.7. The Morgan fingerprint density at radius 2 is 1.55 bits per heavy atom. The van der Waals surface area contributed by atoms with Crippen molar-refractivity contribution in [3.63, 3.8) is 0 Å². The van der Waals surface area contributed by atoms with Crippen LogP contribution in [0.2, 0.25) is 0 Å². The van der Waals surface area contributed by atoms with Gasteiger partial charge in [-0.05, 0) is 76.9 Å². The highest BCUT2D eigenvalue weighted by Gasteiger charge is 2.39. The average Bonchev–Trinajstić information content (AvgIpc) is 3.38. The van der Waals surface area contributed by atoms with Crippen molar-refractivity contribution < 1.29 is 28.6 Å². The summed E-state index contributed by atoms with van der Waals surface area (Å²) in [5.74, 6) is 0.220. The Hall–Kier alpha value is -3.07. The molecule has 0 bridgehead atoms. The molecule has 2 heterocycles. The molecule has 2 atom stereocenters. The van der Waals surface area contributed by atoms with E-state index in [1.54, 1.807) is 43.9 Å². The minimum absolute atomic E-state index is 0.0194. The molecule has 2 aromatic rings. The lowest BCUT2D eigenvalue weighted by atomic mass is 9.89. The van der Waals surface area contributed by atoms with Gasteiger partial charge in [-0.15, -0.1) is 0 Å². The lowest BCUT2D eigenvalue weighted by molar-refractivity contribution is 0.0243. The van der Waals surface area contributed by atoms with Gasteiger partial charge in [0.1, 0.15) is 17.0 Å². The number of amides is 3. The van der Waals surface area contributed by atoms with Crippen molar-refractivity contribution in [3.8, 4) is 5.75 Å². The Bertz CT molecular complexity index is 1220. The first-order chi connectivity index (χ1) is 17.7. The van der Waals surface area contributed by atoms with Gasteiger partial charge in [0.25, 0.3) is 5.91 Å². The standard InChI is InChI=1S/C29H35BrN2O6/c1-28(2,3)37-26(34)31-14-20(24(16-31)18-7-10-21(30)11-8-18)17-36-22-12-9-19-15-32(25(33)23(19)13-22)27(35)38-29(4,5)6/h7-13,20,24H,14-17H2,1-6H3/t20-,24-/m0/s1. The molecular formula is C29H35BrN2O6. The summed E-state index contributed by atoms with van der Waals surface area (Å²) in [6.07, 6.45) is -1.00. The minimum atomic E-state index is -0.694. The van der Waals surface area contributed by atoms with E-state index < -0.39 is 23.2 Å². The van der Waals surface area contributed by atoms with Crippen LogP contribution in [0.5, 0.6) is 5.75 Å². The molecule has 0 N–H and O–H groups in total. The maximum atomic E-state index is 12.9. The van der Waals surface area contributed by atoms with Gasteiger partial charge in [-0.2, -0.15) is 0 Å². The number of hydrogen-bond acceptors (Lipinski definition) is 6. The molecule has 38 heavy (non-hydrogen) atoms. The molecule has 2 aliphatic rings. The van der Waals surface area contributed by atoms with Crippen LogP contribution in [0.4, 0.5) is 9.59 Å². The SMILES string of the molecule is CC(C)(C)OC(=O)N1C[C@@H](COc2ccc3c(c2)C(=O)N(C(=O)OC(C)(C)C)C3)[C@H](c2ccc(Br)cc2)C1. The predicted molar refractivity (Wildman–Crippen MR) is 146 cm³/mol. The molecule has 0 aromatic heterocycles. The average molecular weight is 588 g/mol. The first-order valence-electron chi connectivity index (χ1n) is 12.7. The van der Waals surface area contributed by atoms with Gasteiger partial charge >= 0.3 is 12.2 Å². The summed E-state index contributed by atoms with van der Waals surface area (Å²) >= 11 is 3.49. The zero-order chi connectivity index (χ0) is 27.8. The Morgan fingerprint density at radius 3 is 2.18 bits per heavy atom. The van der Waals surface area contributed by atoms with E-state index >= 15 is 0 Å². The minimum Gasteiger partial charge on any atom is -0.493 e. The molecule has 3 amide bonds. The second-order valence-corrected chi connectivity index (χ2v) is 12.7. The Balaban J connectivity index is 1.47. The summed E-state index contributed by atoms with van der Waals surface area (Å²) in [5.41, 5.74) is 1.02. The quantitative estimate of drug-likeness (QED) is 0.414. The number of hydrogen-bond donors (Lipinski definition) is 0. The first kappa shape index (κ1) is 28.0. The second-order valence-electron chi connectivity index (χ2n) is 11.8. The molecule has 204 valence electrons. The first-order valence-corrected chi connectivity index (χ1v) is 13.5. The number of ether oxygens (including phenoxy) is 3. The highest BCUT2D eigenvalue weighted by molar-refractivity contribution is 9.10. The Morgan fingerprint density at radius 1 is 0.921 bits per heavy atom. The molecule has 0 saturated carbocycles. The molecule has 1 fully saturated rings. The van der Waals surface area contributed by atoms with E-state index in [9.17, 15) is 14.4 Å². The van der Waals surface area contributed by atoms with Gasteiger partial charge in [-0.1, -0.05) is 34.1 Å². The maximum absolute atomic E-state index is 12.9. The van der Waals surface area contributed by atoms with Crippen molar-refractivity contribution in [3.05, 3.63) is 63.6 Å². The van der Waals surface area contributed by atoms with Gasteiger partial charge in [0.2, 0.25) is 0 Å². The van der Waals surface area contributed by atoms with Crippen molar-refractivity contribution in [1.82, 2.24) is 9.80 Å². The van der Waals surface area contributed by atoms with Gasteiger partial charge in [-0.25, -0.2) is 14.5 Å². The van der Waals surface area contributed by atoms with Crippen molar-refractivity contribution in [2.75, 3.05) is 19.7 Å². The number of carbonyl (C=O) groups excluding carboxylic acids is 3. The second kappa shape index (κ2) is 10.6. The summed E-state index contributed by atoms with van der Waals surface area (Å²) in [5, 5.41) is 0. The molecule has 0 radical (unpaired) electrons. The van der Waals surface area contributed by atoms with Gasteiger partial charge in [0.15, 0.2) is 0 Å². The number of fused-ring (bicyclic) bond motifs is 1. The van der Waals surface area contributed by atoms with E-state index in [1.165, 1.54) is 0 Å². The fraction of sp³-hybridized carbons (Fsp3) is 0.483. The van der Waals surface area contributed by atoms with E-state index in [0.29, 0.717) is 31.0 Å². The van der Waals surface area contributed by atoms with Crippen LogP contribution < -0.4 is 4.74 Å². The van der Waals surface area contributed by atoms with Crippen molar-refractivity contribution in [1.29, 1.82) is 0 Å². The molecule has 1 saturated heterocycles. The lowest BCUT2D eigenvalue weighted by Crippen LogP contribution is -2.36. The predicted octanol–water partition coefficient (Wildman–Crippen LogP) is 6.37. The number of benzene rings is 2. The van der Waals surface area contributed by atoms with Crippen LogP contribution in [0.25, 0.3) is 0 Å². The molecule has 2 aliphatic heterocycles. The van der Waals surface area contributed by atoms with Gasteiger partial charge in [-0.3, -0.25) is 4.79 Å². The zero-order valence-corrected chi connectivity index (χ0v) is 24.3. The highest BCUT2D eigenvalue weighted by atomic mass is 79.9. The summed E-state index contributed by atoms with van der Waals surface area (Å²) in [4.78, 5) is 41.1. The van der Waals surface area contributed by atoms with Crippen molar-refractivity contribution >= 4 is 34.0 Å². The molecule has 0 unspecified atom stereocenters. The smallest absolute Gasteiger partial charge is 0.417 e. The van der Waals surface area contributed by atoms with Crippen LogP contribution in [0.1, 0.15) is 68.9 Å². The molecule has 4 rings (SSSR count). The number of halogens is 1. The molecule has 0 aliphatic carbocycles.